The van der Waals surface area contributed by atoms with Crippen LogP contribution in [0.25, 0.3) is 0 Å². The van der Waals surface area contributed by atoms with E-state index in [-0.39, 0.29) is 17.4 Å². The van der Waals surface area contributed by atoms with Crippen molar-refractivity contribution in [2.24, 2.45) is 0 Å². The zero-order chi connectivity index (χ0) is 23.7. The molecular weight excluding hydrogens is 426 g/mol. The van der Waals surface area contributed by atoms with Crippen molar-refractivity contribution in [3.05, 3.63) is 65.7 Å². The summed E-state index contributed by atoms with van der Waals surface area (Å²) in [4.78, 5) is 15.1. The van der Waals surface area contributed by atoms with E-state index in [0.717, 1.165) is 0 Å². The van der Waals surface area contributed by atoms with Gasteiger partial charge in [0.1, 0.15) is 5.75 Å². The monoisotopic (exact) mass is 451 g/mol. The molecule has 2 atom stereocenters. The Balaban J connectivity index is 1.85. The van der Waals surface area contributed by atoms with Gasteiger partial charge in [-0.25, -0.2) is 0 Å². The molecule has 1 amide bonds. The number of nitrogens with zero attached hydrogens (tertiary/aromatic N) is 1. The fraction of sp³-hybridized carbons (Fsp3) is 0.240. The normalized spacial score (nSPS) is 17.3. The highest BCUT2D eigenvalue weighted by Gasteiger charge is 2.50. The topological polar surface area (TPSA) is 97.7 Å². The Kier molecular flexibility index (Phi) is 5.91. The SMILES string of the molecule is COc1ccc([C@@H]2[C@@H](c3cccc(O)c3)C(=O)N2c2cc(OC)c(OC)c(OC)c2)cc1O. The molecule has 3 aromatic carbocycles. The van der Waals surface area contributed by atoms with Gasteiger partial charge in [0.15, 0.2) is 23.0 Å². The zero-order valence-electron chi connectivity index (χ0n) is 18.7. The minimum atomic E-state index is -0.566. The van der Waals surface area contributed by atoms with Gasteiger partial charge in [-0.3, -0.25) is 4.79 Å². The fourth-order valence-electron chi connectivity index (χ4n) is 4.26. The van der Waals surface area contributed by atoms with E-state index in [1.807, 2.05) is 0 Å². The van der Waals surface area contributed by atoms with Crippen LogP contribution in [0.1, 0.15) is 23.1 Å². The van der Waals surface area contributed by atoms with Crippen molar-refractivity contribution < 1.29 is 34.0 Å². The van der Waals surface area contributed by atoms with E-state index in [9.17, 15) is 15.0 Å². The maximum absolute atomic E-state index is 13.5. The molecule has 2 N–H and O–H groups in total. The molecule has 1 fully saturated rings. The van der Waals surface area contributed by atoms with E-state index in [0.29, 0.717) is 39.8 Å². The Hall–Kier alpha value is -4.07. The molecule has 1 heterocycles. The molecule has 8 heteroatoms. The highest BCUT2D eigenvalue weighted by Crippen LogP contribution is 2.52. The number of hydrogen-bond donors (Lipinski definition) is 2. The second kappa shape index (κ2) is 8.82. The van der Waals surface area contributed by atoms with Gasteiger partial charge in [-0.15, -0.1) is 0 Å². The van der Waals surface area contributed by atoms with E-state index in [4.69, 9.17) is 18.9 Å². The summed E-state index contributed by atoms with van der Waals surface area (Å²) in [6.45, 7) is 0. The molecule has 0 unspecified atom stereocenters. The van der Waals surface area contributed by atoms with Gasteiger partial charge in [0, 0.05) is 12.1 Å². The Morgan fingerprint density at radius 2 is 1.42 bits per heavy atom. The smallest absolute Gasteiger partial charge is 0.237 e. The molecule has 8 nitrogen and oxygen atoms in total. The number of phenolic OH excluding ortho intramolecular Hbond substituents is 2. The molecule has 33 heavy (non-hydrogen) atoms. The lowest BCUT2D eigenvalue weighted by atomic mass is 9.77. The van der Waals surface area contributed by atoms with E-state index in [1.165, 1.54) is 28.4 Å². The first kappa shape index (κ1) is 22.1. The molecular formula is C25H25NO7. The Bertz CT molecular complexity index is 1170. The maximum atomic E-state index is 13.5. The van der Waals surface area contributed by atoms with Gasteiger partial charge >= 0.3 is 0 Å². The molecule has 0 aliphatic carbocycles. The van der Waals surface area contributed by atoms with Crippen molar-refractivity contribution in [3.8, 4) is 34.5 Å². The van der Waals surface area contributed by atoms with Crippen LogP contribution in [0.15, 0.2) is 54.6 Å². The number of carbonyl (C=O) groups is 1. The first-order valence-electron chi connectivity index (χ1n) is 10.2. The van der Waals surface area contributed by atoms with E-state index >= 15 is 0 Å². The third-order valence-corrected chi connectivity index (χ3v) is 5.80. The van der Waals surface area contributed by atoms with Crippen LogP contribution >= 0.6 is 0 Å². The third kappa shape index (κ3) is 3.73. The van der Waals surface area contributed by atoms with Crippen LogP contribution in [0.4, 0.5) is 5.69 Å². The molecule has 0 saturated carbocycles. The second-order valence-corrected chi connectivity index (χ2v) is 7.54. The van der Waals surface area contributed by atoms with E-state index < -0.39 is 12.0 Å². The lowest BCUT2D eigenvalue weighted by Gasteiger charge is -2.48. The number of phenols is 2. The minimum Gasteiger partial charge on any atom is -0.508 e. The largest absolute Gasteiger partial charge is 0.508 e. The van der Waals surface area contributed by atoms with Gasteiger partial charge in [0.05, 0.1) is 46.1 Å². The van der Waals surface area contributed by atoms with Crippen molar-refractivity contribution in [1.82, 2.24) is 0 Å². The number of rotatable bonds is 7. The van der Waals surface area contributed by atoms with Gasteiger partial charge in [0.2, 0.25) is 11.7 Å². The highest BCUT2D eigenvalue weighted by atomic mass is 16.5. The predicted octanol–water partition coefficient (Wildman–Crippen LogP) is 4.00. The van der Waals surface area contributed by atoms with Crippen LogP contribution in [0.5, 0.6) is 34.5 Å². The Morgan fingerprint density at radius 3 is 1.97 bits per heavy atom. The van der Waals surface area contributed by atoms with Gasteiger partial charge in [0.25, 0.3) is 0 Å². The first-order valence-corrected chi connectivity index (χ1v) is 10.2. The van der Waals surface area contributed by atoms with Crippen LogP contribution in [0.3, 0.4) is 0 Å². The summed E-state index contributed by atoms with van der Waals surface area (Å²) in [7, 11) is 6.00. The number of benzene rings is 3. The summed E-state index contributed by atoms with van der Waals surface area (Å²) < 4.78 is 21.5. The number of methoxy groups -OCH3 is 4. The molecule has 1 saturated heterocycles. The van der Waals surface area contributed by atoms with Crippen molar-refractivity contribution in [2.75, 3.05) is 33.3 Å². The predicted molar refractivity (Wildman–Crippen MR) is 122 cm³/mol. The molecule has 3 aromatic rings. The Morgan fingerprint density at radius 1 is 0.758 bits per heavy atom. The lowest BCUT2D eigenvalue weighted by Crippen LogP contribution is -2.53. The fourth-order valence-corrected chi connectivity index (χ4v) is 4.26. The first-order chi connectivity index (χ1) is 15.9. The third-order valence-electron chi connectivity index (χ3n) is 5.80. The second-order valence-electron chi connectivity index (χ2n) is 7.54. The van der Waals surface area contributed by atoms with Crippen molar-refractivity contribution in [1.29, 1.82) is 0 Å². The molecule has 1 aliphatic rings. The molecule has 172 valence electrons. The Labute approximate surface area is 191 Å². The van der Waals surface area contributed by atoms with Gasteiger partial charge in [-0.05, 0) is 35.4 Å². The molecule has 4 rings (SSSR count). The van der Waals surface area contributed by atoms with Gasteiger partial charge < -0.3 is 34.1 Å². The van der Waals surface area contributed by atoms with Crippen LogP contribution < -0.4 is 23.8 Å². The number of carbonyl (C=O) groups excluding carboxylic acids is 1. The lowest BCUT2D eigenvalue weighted by molar-refractivity contribution is -0.126. The maximum Gasteiger partial charge on any atom is 0.237 e. The number of hydrogen-bond acceptors (Lipinski definition) is 7. The van der Waals surface area contributed by atoms with Gasteiger partial charge in [-0.2, -0.15) is 0 Å². The van der Waals surface area contributed by atoms with E-state index in [2.05, 4.69) is 0 Å². The summed E-state index contributed by atoms with van der Waals surface area (Å²) in [5, 5.41) is 20.4. The summed E-state index contributed by atoms with van der Waals surface area (Å²) in [5.74, 6) is 0.877. The van der Waals surface area contributed by atoms with Crippen molar-refractivity contribution in [3.63, 3.8) is 0 Å². The number of ether oxygens (including phenoxy) is 4. The van der Waals surface area contributed by atoms with Crippen LogP contribution in [-0.4, -0.2) is 44.6 Å². The van der Waals surface area contributed by atoms with Crippen LogP contribution in [0, 0.1) is 0 Å². The molecule has 0 radical (unpaired) electrons. The summed E-state index contributed by atoms with van der Waals surface area (Å²) >= 11 is 0. The average Bonchev–Trinajstić information content (AvgIpc) is 2.81. The number of anilines is 1. The van der Waals surface area contributed by atoms with Crippen molar-refractivity contribution in [2.45, 2.75) is 12.0 Å². The summed E-state index contributed by atoms with van der Waals surface area (Å²) in [6, 6.07) is 14.6. The highest BCUT2D eigenvalue weighted by molar-refractivity contribution is 6.07. The molecule has 0 spiro atoms. The summed E-state index contributed by atoms with van der Waals surface area (Å²) in [6.07, 6.45) is 0. The van der Waals surface area contributed by atoms with Gasteiger partial charge in [-0.1, -0.05) is 18.2 Å². The van der Waals surface area contributed by atoms with Crippen molar-refractivity contribution >= 4 is 11.6 Å². The van der Waals surface area contributed by atoms with Crippen LogP contribution in [0.2, 0.25) is 0 Å². The standard InChI is InChI=1S/C25H25NO7/c1-30-19-9-8-15(11-18(19)28)23-22(14-6-5-7-17(27)10-14)25(29)26(23)16-12-20(31-2)24(33-4)21(13-16)32-3/h5-13,22-23,27-28H,1-4H3/t22-,23-/m1/s1. The quantitative estimate of drug-likeness (QED) is 0.524. The average molecular weight is 451 g/mol. The molecule has 0 bridgehead atoms. The van der Waals surface area contributed by atoms with Crippen LogP contribution in [-0.2, 0) is 4.79 Å². The number of amides is 1. The van der Waals surface area contributed by atoms with E-state index in [1.54, 1.807) is 59.5 Å². The molecule has 0 aromatic heterocycles. The number of β-lactam (4-membered cyclic amide) rings is 1. The number of aromatic hydroxyl groups is 2. The zero-order valence-corrected chi connectivity index (χ0v) is 18.7. The minimum absolute atomic E-state index is 0.0335. The molecule has 1 aliphatic heterocycles. The summed E-state index contributed by atoms with van der Waals surface area (Å²) in [5.41, 5.74) is 1.92.